The topological polar surface area (TPSA) is 79.1 Å². The number of nitrogens with zero attached hydrogens (tertiary/aromatic N) is 2. The Hall–Kier alpha value is -2.87. The molecule has 0 fully saturated rings. The molecule has 0 bridgehead atoms. The number of aryl methyl sites for hydroxylation is 1. The minimum atomic E-state index is -0.513. The molecule has 1 aliphatic heterocycles. The first-order valence-electron chi connectivity index (χ1n) is 7.65. The number of fused-ring (bicyclic) bond motifs is 2. The number of carbonyl (C=O) groups excluding carboxylic acids is 1. The molecule has 1 aromatic carbocycles. The van der Waals surface area contributed by atoms with Crippen LogP contribution in [0.4, 0.5) is 0 Å². The van der Waals surface area contributed by atoms with E-state index >= 15 is 0 Å². The van der Waals surface area contributed by atoms with Crippen molar-refractivity contribution in [2.75, 3.05) is 13.2 Å². The monoisotopic (exact) mass is 358 g/mol. The molecule has 8 heteroatoms. The summed E-state index contributed by atoms with van der Waals surface area (Å²) in [6.07, 6.45) is 0. The van der Waals surface area contributed by atoms with E-state index < -0.39 is 5.97 Å². The summed E-state index contributed by atoms with van der Waals surface area (Å²) in [4.78, 5) is 29.3. The van der Waals surface area contributed by atoms with Crippen LogP contribution in [0.2, 0.25) is 0 Å². The lowest BCUT2D eigenvalue weighted by Crippen LogP contribution is -2.17. The highest BCUT2D eigenvalue weighted by Crippen LogP contribution is 2.31. The van der Waals surface area contributed by atoms with Crippen LogP contribution in [0, 0.1) is 6.92 Å². The molecule has 128 valence electrons. The van der Waals surface area contributed by atoms with E-state index in [9.17, 15) is 9.59 Å². The highest BCUT2D eigenvalue weighted by molar-refractivity contribution is 7.15. The van der Waals surface area contributed by atoms with E-state index in [-0.39, 0.29) is 12.2 Å². The molecule has 2 aromatic heterocycles. The lowest BCUT2D eigenvalue weighted by Gasteiger charge is -2.18. The maximum atomic E-state index is 12.2. The Morgan fingerprint density at radius 3 is 2.92 bits per heavy atom. The number of rotatable bonds is 3. The molecule has 0 radical (unpaired) electrons. The molecule has 4 rings (SSSR count). The van der Waals surface area contributed by atoms with Crippen molar-refractivity contribution in [3.63, 3.8) is 0 Å². The fourth-order valence-corrected chi connectivity index (χ4v) is 3.46. The number of carbonyl (C=O) groups is 1. The van der Waals surface area contributed by atoms with Crippen molar-refractivity contribution >= 4 is 22.3 Å². The van der Waals surface area contributed by atoms with Crippen molar-refractivity contribution in [2.24, 2.45) is 0 Å². The van der Waals surface area contributed by atoms with Crippen LogP contribution in [0.5, 0.6) is 11.5 Å². The molecule has 7 nitrogen and oxygen atoms in total. The smallest absolute Gasteiger partial charge is 0.338 e. The van der Waals surface area contributed by atoms with Gasteiger partial charge in [0.1, 0.15) is 19.8 Å². The van der Waals surface area contributed by atoms with Crippen LogP contribution in [0.3, 0.4) is 0 Å². The summed E-state index contributed by atoms with van der Waals surface area (Å²) in [5, 5.41) is 1.86. The lowest BCUT2D eigenvalue weighted by atomic mass is 10.2. The normalized spacial score (nSPS) is 13.0. The number of hydrogen-bond acceptors (Lipinski definition) is 7. The number of aromatic nitrogens is 2. The fourth-order valence-electron chi connectivity index (χ4n) is 2.57. The van der Waals surface area contributed by atoms with Crippen LogP contribution < -0.4 is 15.0 Å². The van der Waals surface area contributed by atoms with Crippen LogP contribution in [-0.4, -0.2) is 28.6 Å². The SMILES string of the molecule is Cc1csc2nc(COC(=O)c3ccc4c(c3)OCCO4)cc(=O)n12. The summed E-state index contributed by atoms with van der Waals surface area (Å²) >= 11 is 1.37. The second-order valence-corrected chi connectivity index (χ2v) is 6.35. The molecular formula is C17H14N2O5S. The first kappa shape index (κ1) is 15.6. The molecule has 3 heterocycles. The second-order valence-electron chi connectivity index (χ2n) is 5.52. The number of hydrogen-bond donors (Lipinski definition) is 0. The van der Waals surface area contributed by atoms with E-state index in [1.165, 1.54) is 21.8 Å². The van der Waals surface area contributed by atoms with Gasteiger partial charge in [-0.1, -0.05) is 0 Å². The first-order chi connectivity index (χ1) is 12.1. The second kappa shape index (κ2) is 6.21. The average Bonchev–Trinajstić information content (AvgIpc) is 3.00. The van der Waals surface area contributed by atoms with Gasteiger partial charge in [-0.2, -0.15) is 0 Å². The maximum Gasteiger partial charge on any atom is 0.338 e. The Kier molecular flexibility index (Phi) is 3.89. The number of thiazole rings is 1. The molecule has 0 unspecified atom stereocenters. The third-order valence-corrected chi connectivity index (χ3v) is 4.70. The minimum absolute atomic E-state index is 0.0734. The Labute approximate surface area is 146 Å². The van der Waals surface area contributed by atoms with E-state index in [0.717, 1.165) is 5.69 Å². The summed E-state index contributed by atoms with van der Waals surface area (Å²) in [6.45, 7) is 2.70. The van der Waals surface area contributed by atoms with Crippen molar-refractivity contribution in [1.82, 2.24) is 9.38 Å². The van der Waals surface area contributed by atoms with E-state index in [1.807, 2.05) is 12.3 Å². The van der Waals surface area contributed by atoms with Crippen LogP contribution in [0.1, 0.15) is 21.7 Å². The van der Waals surface area contributed by atoms with Crippen molar-refractivity contribution in [2.45, 2.75) is 13.5 Å². The predicted molar refractivity (Wildman–Crippen MR) is 90.6 cm³/mol. The van der Waals surface area contributed by atoms with Crippen molar-refractivity contribution < 1.29 is 19.0 Å². The molecule has 0 saturated heterocycles. The van der Waals surface area contributed by atoms with Crippen LogP contribution >= 0.6 is 11.3 Å². The number of benzene rings is 1. The summed E-state index contributed by atoms with van der Waals surface area (Å²) < 4.78 is 17.7. The molecule has 1 aliphatic rings. The number of ether oxygens (including phenoxy) is 3. The van der Waals surface area contributed by atoms with Crippen LogP contribution in [-0.2, 0) is 11.3 Å². The van der Waals surface area contributed by atoms with Gasteiger partial charge in [-0.3, -0.25) is 9.20 Å². The maximum absolute atomic E-state index is 12.2. The first-order valence-corrected chi connectivity index (χ1v) is 8.53. The molecule has 0 saturated carbocycles. The van der Waals surface area contributed by atoms with E-state index in [2.05, 4.69) is 4.98 Å². The minimum Gasteiger partial charge on any atom is -0.486 e. The summed E-state index contributed by atoms with van der Waals surface area (Å²) in [5.41, 5.74) is 1.42. The van der Waals surface area contributed by atoms with Crippen LogP contribution in [0.25, 0.3) is 4.96 Å². The fraction of sp³-hybridized carbons (Fsp3) is 0.235. The van der Waals surface area contributed by atoms with Gasteiger partial charge in [0, 0.05) is 17.1 Å². The Balaban J connectivity index is 1.51. The number of esters is 1. The molecule has 0 aliphatic carbocycles. The van der Waals surface area contributed by atoms with E-state index in [4.69, 9.17) is 14.2 Å². The van der Waals surface area contributed by atoms with E-state index in [0.29, 0.717) is 40.9 Å². The molecule has 0 N–H and O–H groups in total. The largest absolute Gasteiger partial charge is 0.486 e. The zero-order valence-corrected chi connectivity index (χ0v) is 14.2. The molecule has 3 aromatic rings. The van der Waals surface area contributed by atoms with Gasteiger partial charge in [0.25, 0.3) is 5.56 Å². The van der Waals surface area contributed by atoms with Gasteiger partial charge in [-0.15, -0.1) is 11.3 Å². The third-order valence-electron chi connectivity index (χ3n) is 3.76. The molecule has 25 heavy (non-hydrogen) atoms. The van der Waals surface area contributed by atoms with Crippen LogP contribution in [0.15, 0.2) is 34.4 Å². The van der Waals surface area contributed by atoms with Gasteiger partial charge < -0.3 is 14.2 Å². The summed E-state index contributed by atoms with van der Waals surface area (Å²) in [7, 11) is 0. The molecule has 0 spiro atoms. The lowest BCUT2D eigenvalue weighted by molar-refractivity contribution is 0.0466. The van der Waals surface area contributed by atoms with Gasteiger partial charge in [0.05, 0.1) is 11.3 Å². The highest BCUT2D eigenvalue weighted by Gasteiger charge is 2.16. The van der Waals surface area contributed by atoms with Crippen molar-refractivity contribution in [3.8, 4) is 11.5 Å². The van der Waals surface area contributed by atoms with Gasteiger partial charge >= 0.3 is 5.97 Å². The zero-order chi connectivity index (χ0) is 17.4. The standard InChI is InChI=1S/C17H14N2O5S/c1-10-9-25-17-18-12(7-15(20)19(10)17)8-24-16(21)11-2-3-13-14(6-11)23-5-4-22-13/h2-3,6-7,9H,4-5,8H2,1H3. The quantitative estimate of drug-likeness (QED) is 0.668. The van der Waals surface area contributed by atoms with Crippen molar-refractivity contribution in [1.29, 1.82) is 0 Å². The predicted octanol–water partition coefficient (Wildman–Crippen LogP) is 2.19. The Morgan fingerprint density at radius 1 is 1.28 bits per heavy atom. The molecule has 0 amide bonds. The molecule has 0 atom stereocenters. The van der Waals surface area contributed by atoms with Gasteiger partial charge in [0.15, 0.2) is 16.5 Å². The Morgan fingerprint density at radius 2 is 2.08 bits per heavy atom. The average molecular weight is 358 g/mol. The van der Waals surface area contributed by atoms with Crippen molar-refractivity contribution in [3.05, 3.63) is 57.0 Å². The summed E-state index contributed by atoms with van der Waals surface area (Å²) in [5.74, 6) is 0.616. The highest BCUT2D eigenvalue weighted by atomic mass is 32.1. The van der Waals surface area contributed by atoms with E-state index in [1.54, 1.807) is 18.2 Å². The van der Waals surface area contributed by atoms with Gasteiger partial charge in [0.2, 0.25) is 0 Å². The zero-order valence-electron chi connectivity index (χ0n) is 13.4. The summed E-state index contributed by atoms with van der Waals surface area (Å²) in [6, 6.07) is 6.26. The van der Waals surface area contributed by atoms with Gasteiger partial charge in [-0.05, 0) is 25.1 Å². The Bertz CT molecular complexity index is 1020. The third kappa shape index (κ3) is 2.96. The van der Waals surface area contributed by atoms with Gasteiger partial charge in [-0.25, -0.2) is 9.78 Å². The molecular weight excluding hydrogens is 344 g/mol.